The number of halogens is 3. The smallest absolute Gasteiger partial charge is 0.362 e. The third kappa shape index (κ3) is 3.85. The van der Waals surface area contributed by atoms with Gasteiger partial charge in [0.1, 0.15) is 5.00 Å². The van der Waals surface area contributed by atoms with E-state index >= 15 is 0 Å². The van der Waals surface area contributed by atoms with Crippen molar-refractivity contribution in [2.75, 3.05) is 18.0 Å². The molecule has 1 aliphatic heterocycles. The zero-order valence-electron chi connectivity index (χ0n) is 18.7. The number of benzene rings is 1. The first-order valence-electron chi connectivity index (χ1n) is 11.6. The van der Waals surface area contributed by atoms with Gasteiger partial charge in [0.25, 0.3) is 0 Å². The van der Waals surface area contributed by atoms with E-state index in [-0.39, 0.29) is 0 Å². The van der Waals surface area contributed by atoms with Gasteiger partial charge in [0, 0.05) is 31.3 Å². The van der Waals surface area contributed by atoms with Gasteiger partial charge in [-0.05, 0) is 84.9 Å². The summed E-state index contributed by atoms with van der Waals surface area (Å²) >= 11 is 1.58. The summed E-state index contributed by atoms with van der Waals surface area (Å²) < 4.78 is 45.1. The maximum Gasteiger partial charge on any atom is 0.416 e. The minimum absolute atomic E-state index is 0.553. The fourth-order valence-corrected chi connectivity index (χ4v) is 6.44. The molecular weight excluding hydrogens is 459 g/mol. The highest BCUT2D eigenvalue weighted by molar-refractivity contribution is 7.10. The van der Waals surface area contributed by atoms with E-state index in [1.165, 1.54) is 30.0 Å². The third-order valence-electron chi connectivity index (χ3n) is 7.30. The maximum atomic E-state index is 13.0. The average Bonchev–Trinajstić information content (AvgIpc) is 3.48. The molecule has 6 rings (SSSR count). The van der Waals surface area contributed by atoms with Crippen molar-refractivity contribution in [2.24, 2.45) is 17.8 Å². The van der Waals surface area contributed by atoms with Crippen molar-refractivity contribution < 1.29 is 13.2 Å². The monoisotopic (exact) mass is 483 g/mol. The van der Waals surface area contributed by atoms with E-state index in [2.05, 4.69) is 15.3 Å². The van der Waals surface area contributed by atoms with Gasteiger partial charge in [-0.1, -0.05) is 12.1 Å². The van der Waals surface area contributed by atoms with Crippen molar-refractivity contribution in [3.8, 4) is 11.1 Å². The Bertz CT molecular complexity index is 1310. The molecule has 176 valence electrons. The molecule has 9 heteroatoms. The van der Waals surface area contributed by atoms with Gasteiger partial charge >= 0.3 is 6.18 Å². The fraction of sp³-hybridized carbons (Fsp3) is 0.400. The standard InChI is InChI=1S/C25H24F3N5S/c1-15-11-23(34-31-15)32-13-17-4-5-18(14-32)21(17)12-22-29-24-20(3-2-10-33(24)30-22)16-6-8-19(9-7-16)25(26,27)28/h2-3,6-11,17-18,21H,4-5,12-14H2,1H3/t17-,18+,21?. The molecule has 2 aliphatic rings. The summed E-state index contributed by atoms with van der Waals surface area (Å²) in [5, 5.41) is 5.99. The predicted molar refractivity (Wildman–Crippen MR) is 126 cm³/mol. The van der Waals surface area contributed by atoms with Gasteiger partial charge in [0.15, 0.2) is 11.5 Å². The van der Waals surface area contributed by atoms with Crippen LogP contribution in [-0.2, 0) is 12.6 Å². The van der Waals surface area contributed by atoms with Gasteiger partial charge in [-0.3, -0.25) is 0 Å². The largest absolute Gasteiger partial charge is 0.416 e. The topological polar surface area (TPSA) is 46.3 Å². The SMILES string of the molecule is Cc1cc(N2C[C@H]3CC[C@@H](C2)C3Cc2nc3c(-c4ccc(C(F)(F)F)cc4)cccn3n2)sn1. The first-order valence-corrected chi connectivity index (χ1v) is 12.3. The second-order valence-electron chi connectivity index (χ2n) is 9.47. The molecular formula is C25H24F3N5S. The molecule has 3 aromatic heterocycles. The molecule has 1 aliphatic carbocycles. The number of aryl methyl sites for hydroxylation is 1. The third-order valence-corrected chi connectivity index (χ3v) is 8.25. The highest BCUT2D eigenvalue weighted by atomic mass is 32.1. The summed E-state index contributed by atoms with van der Waals surface area (Å²) in [4.78, 5) is 7.33. The van der Waals surface area contributed by atoms with Gasteiger partial charge in [-0.25, -0.2) is 9.50 Å². The fourth-order valence-electron chi connectivity index (χ4n) is 5.66. The number of hydrogen-bond donors (Lipinski definition) is 0. The first kappa shape index (κ1) is 21.6. The Balaban J connectivity index is 1.24. The lowest BCUT2D eigenvalue weighted by Crippen LogP contribution is -2.42. The van der Waals surface area contributed by atoms with E-state index in [0.717, 1.165) is 48.7 Å². The molecule has 0 radical (unpaired) electrons. The van der Waals surface area contributed by atoms with Gasteiger partial charge in [-0.2, -0.15) is 22.6 Å². The van der Waals surface area contributed by atoms with Crippen LogP contribution in [0.3, 0.4) is 0 Å². The number of rotatable bonds is 4. The zero-order chi connectivity index (χ0) is 23.4. The quantitative estimate of drug-likeness (QED) is 0.363. The number of hydrogen-bond acceptors (Lipinski definition) is 5. The van der Waals surface area contributed by atoms with E-state index in [1.54, 1.807) is 16.0 Å². The number of nitrogens with zero attached hydrogens (tertiary/aromatic N) is 5. The van der Waals surface area contributed by atoms with Crippen molar-refractivity contribution in [3.63, 3.8) is 0 Å². The minimum atomic E-state index is -4.35. The Morgan fingerprint density at radius 2 is 1.79 bits per heavy atom. The normalized spacial score (nSPS) is 22.6. The number of alkyl halides is 3. The number of piperidine rings is 1. The van der Waals surface area contributed by atoms with Crippen LogP contribution in [0.1, 0.15) is 29.9 Å². The zero-order valence-corrected chi connectivity index (χ0v) is 19.5. The van der Waals surface area contributed by atoms with Gasteiger partial charge in [0.2, 0.25) is 0 Å². The van der Waals surface area contributed by atoms with Gasteiger partial charge in [0.05, 0.1) is 11.3 Å². The summed E-state index contributed by atoms with van der Waals surface area (Å²) in [5.74, 6) is 2.59. The summed E-state index contributed by atoms with van der Waals surface area (Å²) in [6, 6.07) is 11.2. The van der Waals surface area contributed by atoms with Crippen LogP contribution in [0.25, 0.3) is 16.8 Å². The average molecular weight is 484 g/mol. The van der Waals surface area contributed by atoms with Crippen LogP contribution in [0.15, 0.2) is 48.7 Å². The molecule has 0 N–H and O–H groups in total. The predicted octanol–water partition coefficient (Wildman–Crippen LogP) is 5.89. The van der Waals surface area contributed by atoms with Crippen LogP contribution in [0.2, 0.25) is 0 Å². The lowest BCUT2D eigenvalue weighted by Gasteiger charge is -2.38. The molecule has 3 atom stereocenters. The Kier molecular flexibility index (Phi) is 5.13. The molecule has 2 bridgehead atoms. The van der Waals surface area contributed by atoms with E-state index in [9.17, 15) is 13.2 Å². The molecule has 1 unspecified atom stereocenters. The Morgan fingerprint density at radius 1 is 1.06 bits per heavy atom. The Morgan fingerprint density at radius 3 is 2.44 bits per heavy atom. The number of aromatic nitrogens is 4. The number of anilines is 1. The summed E-state index contributed by atoms with van der Waals surface area (Å²) in [5.41, 5.74) is 2.59. The maximum absolute atomic E-state index is 13.0. The summed E-state index contributed by atoms with van der Waals surface area (Å²) in [7, 11) is 0. The second-order valence-corrected chi connectivity index (χ2v) is 10.3. The lowest BCUT2D eigenvalue weighted by atomic mass is 9.82. The highest BCUT2D eigenvalue weighted by Gasteiger charge is 2.42. The minimum Gasteiger partial charge on any atom is -0.362 e. The molecule has 0 spiro atoms. The van der Waals surface area contributed by atoms with Crippen LogP contribution in [0.5, 0.6) is 0 Å². The van der Waals surface area contributed by atoms with Crippen LogP contribution in [-0.4, -0.2) is 32.1 Å². The van der Waals surface area contributed by atoms with Crippen molar-refractivity contribution in [3.05, 3.63) is 65.7 Å². The molecule has 1 aromatic carbocycles. The Hall–Kier alpha value is -2.94. The van der Waals surface area contributed by atoms with E-state index in [4.69, 9.17) is 10.1 Å². The van der Waals surface area contributed by atoms with Crippen LogP contribution in [0, 0.1) is 24.7 Å². The van der Waals surface area contributed by atoms with Crippen LogP contribution in [0.4, 0.5) is 18.2 Å². The molecule has 1 saturated carbocycles. The first-order chi connectivity index (χ1) is 16.3. The van der Waals surface area contributed by atoms with Crippen molar-refractivity contribution in [2.45, 2.75) is 32.4 Å². The van der Waals surface area contributed by atoms with Crippen LogP contribution < -0.4 is 4.90 Å². The van der Waals surface area contributed by atoms with Crippen molar-refractivity contribution >= 4 is 22.2 Å². The molecule has 4 aromatic rings. The molecule has 0 amide bonds. The number of fused-ring (bicyclic) bond motifs is 3. The Labute approximate surface area is 199 Å². The van der Waals surface area contributed by atoms with Crippen molar-refractivity contribution in [1.82, 2.24) is 19.0 Å². The summed E-state index contributed by atoms with van der Waals surface area (Å²) in [6.45, 7) is 4.13. The van der Waals surface area contributed by atoms with E-state index in [0.29, 0.717) is 29.0 Å². The summed E-state index contributed by atoms with van der Waals surface area (Å²) in [6.07, 6.45) is 0.795. The second kappa shape index (κ2) is 8.08. The molecule has 2 fully saturated rings. The number of pyridine rings is 1. The molecule has 4 heterocycles. The molecule has 5 nitrogen and oxygen atoms in total. The van der Waals surface area contributed by atoms with Gasteiger partial charge in [-0.15, -0.1) is 0 Å². The van der Waals surface area contributed by atoms with Crippen LogP contribution >= 0.6 is 11.5 Å². The van der Waals surface area contributed by atoms with E-state index in [1.807, 2.05) is 25.3 Å². The lowest BCUT2D eigenvalue weighted by molar-refractivity contribution is -0.137. The van der Waals surface area contributed by atoms with Gasteiger partial charge < -0.3 is 4.90 Å². The molecule has 1 saturated heterocycles. The van der Waals surface area contributed by atoms with E-state index < -0.39 is 11.7 Å². The molecule has 34 heavy (non-hydrogen) atoms. The van der Waals surface area contributed by atoms with Crippen molar-refractivity contribution in [1.29, 1.82) is 0 Å². The highest BCUT2D eigenvalue weighted by Crippen LogP contribution is 2.45.